The lowest BCUT2D eigenvalue weighted by Gasteiger charge is -2.10. The standard InChI is InChI=1S/C17H16N2O5/c1-24-14-5-3-2-4-13(14)16(21)19-18-15(20)10-11-6-8-12(9-7-11)17(22)23/h2-9H,10H2,1H3,(H,18,20)(H,19,21)(H,22,23). The van der Waals surface area contributed by atoms with E-state index in [-0.39, 0.29) is 12.0 Å². The Morgan fingerprint density at radius 1 is 1.00 bits per heavy atom. The summed E-state index contributed by atoms with van der Waals surface area (Å²) in [6.07, 6.45) is 0.00606. The maximum atomic E-state index is 12.0. The van der Waals surface area contributed by atoms with Gasteiger partial charge in [0.05, 0.1) is 24.7 Å². The fourth-order valence-electron chi connectivity index (χ4n) is 2.02. The molecule has 3 N–H and O–H groups in total. The zero-order valence-corrected chi connectivity index (χ0v) is 12.9. The zero-order chi connectivity index (χ0) is 17.5. The van der Waals surface area contributed by atoms with Gasteiger partial charge in [0.1, 0.15) is 5.75 Å². The average Bonchev–Trinajstić information content (AvgIpc) is 2.60. The maximum absolute atomic E-state index is 12.0. The van der Waals surface area contributed by atoms with Crippen molar-refractivity contribution in [2.75, 3.05) is 7.11 Å². The van der Waals surface area contributed by atoms with Crippen LogP contribution in [-0.4, -0.2) is 30.0 Å². The van der Waals surface area contributed by atoms with Crippen molar-refractivity contribution in [2.45, 2.75) is 6.42 Å². The van der Waals surface area contributed by atoms with E-state index in [2.05, 4.69) is 10.9 Å². The number of carboxylic acids is 1. The van der Waals surface area contributed by atoms with Gasteiger partial charge in [0, 0.05) is 0 Å². The number of carbonyl (C=O) groups excluding carboxylic acids is 2. The van der Waals surface area contributed by atoms with Gasteiger partial charge in [-0.15, -0.1) is 0 Å². The number of hydrogen-bond acceptors (Lipinski definition) is 4. The smallest absolute Gasteiger partial charge is 0.335 e. The topological polar surface area (TPSA) is 105 Å². The SMILES string of the molecule is COc1ccccc1C(=O)NNC(=O)Cc1ccc(C(=O)O)cc1. The number of benzene rings is 2. The third-order valence-corrected chi connectivity index (χ3v) is 3.23. The average molecular weight is 328 g/mol. The van der Waals surface area contributed by atoms with Crippen LogP contribution in [0, 0.1) is 0 Å². The third kappa shape index (κ3) is 4.33. The molecule has 0 saturated carbocycles. The van der Waals surface area contributed by atoms with Crippen LogP contribution in [0.5, 0.6) is 5.75 Å². The van der Waals surface area contributed by atoms with Crippen LogP contribution in [0.4, 0.5) is 0 Å². The van der Waals surface area contributed by atoms with Crippen LogP contribution in [0.25, 0.3) is 0 Å². The first-order chi connectivity index (χ1) is 11.5. The van der Waals surface area contributed by atoms with E-state index >= 15 is 0 Å². The molecule has 7 nitrogen and oxygen atoms in total. The number of hydrazine groups is 1. The number of aromatic carboxylic acids is 1. The summed E-state index contributed by atoms with van der Waals surface area (Å²) in [6.45, 7) is 0. The van der Waals surface area contributed by atoms with Crippen molar-refractivity contribution in [3.8, 4) is 5.75 Å². The van der Waals surface area contributed by atoms with Crippen molar-refractivity contribution in [3.63, 3.8) is 0 Å². The van der Waals surface area contributed by atoms with Crippen LogP contribution in [0.3, 0.4) is 0 Å². The van der Waals surface area contributed by atoms with Gasteiger partial charge in [0.15, 0.2) is 0 Å². The molecule has 0 spiro atoms. The number of rotatable bonds is 5. The van der Waals surface area contributed by atoms with Crippen LogP contribution in [0.15, 0.2) is 48.5 Å². The molecule has 0 aliphatic heterocycles. The highest BCUT2D eigenvalue weighted by Crippen LogP contribution is 2.16. The summed E-state index contributed by atoms with van der Waals surface area (Å²) in [7, 11) is 1.45. The number of carbonyl (C=O) groups is 3. The van der Waals surface area contributed by atoms with Gasteiger partial charge in [-0.2, -0.15) is 0 Å². The van der Waals surface area contributed by atoms with E-state index in [4.69, 9.17) is 9.84 Å². The summed E-state index contributed by atoms with van der Waals surface area (Å²) in [6, 6.07) is 12.6. The molecule has 0 radical (unpaired) electrons. The first-order valence-electron chi connectivity index (χ1n) is 7.05. The lowest BCUT2D eigenvalue weighted by atomic mass is 10.1. The summed E-state index contributed by atoms with van der Waals surface area (Å²) in [4.78, 5) is 34.6. The summed E-state index contributed by atoms with van der Waals surface area (Å²) in [5, 5.41) is 8.82. The van der Waals surface area contributed by atoms with E-state index in [0.29, 0.717) is 16.9 Å². The molecule has 0 atom stereocenters. The first kappa shape index (κ1) is 17.0. The Hall–Kier alpha value is -3.35. The Balaban J connectivity index is 1.91. The summed E-state index contributed by atoms with van der Waals surface area (Å²) in [5.74, 6) is -1.56. The molecule has 124 valence electrons. The van der Waals surface area contributed by atoms with Crippen LogP contribution in [0.2, 0.25) is 0 Å². The molecule has 2 aromatic rings. The van der Waals surface area contributed by atoms with Crippen molar-refractivity contribution in [1.82, 2.24) is 10.9 Å². The van der Waals surface area contributed by atoms with E-state index in [9.17, 15) is 14.4 Å². The van der Waals surface area contributed by atoms with Crippen LogP contribution in [0.1, 0.15) is 26.3 Å². The number of hydrogen-bond donors (Lipinski definition) is 3. The van der Waals surface area contributed by atoms with Gasteiger partial charge in [0.2, 0.25) is 5.91 Å². The maximum Gasteiger partial charge on any atom is 0.335 e. The van der Waals surface area contributed by atoms with Gasteiger partial charge in [0.25, 0.3) is 5.91 Å². The van der Waals surface area contributed by atoms with E-state index in [0.717, 1.165) is 0 Å². The molecule has 2 rings (SSSR count). The van der Waals surface area contributed by atoms with Crippen molar-refractivity contribution in [3.05, 3.63) is 65.2 Å². The first-order valence-corrected chi connectivity index (χ1v) is 7.05. The van der Waals surface area contributed by atoms with E-state index < -0.39 is 17.8 Å². The highest BCUT2D eigenvalue weighted by atomic mass is 16.5. The monoisotopic (exact) mass is 328 g/mol. The fraction of sp³-hybridized carbons (Fsp3) is 0.118. The molecule has 0 fully saturated rings. The van der Waals surface area contributed by atoms with Crippen molar-refractivity contribution >= 4 is 17.8 Å². The number of nitrogens with one attached hydrogen (secondary N) is 2. The predicted molar refractivity (Wildman–Crippen MR) is 85.7 cm³/mol. The molecule has 0 aliphatic carbocycles. The molecule has 24 heavy (non-hydrogen) atoms. The van der Waals surface area contributed by atoms with Gasteiger partial charge in [-0.25, -0.2) is 4.79 Å². The predicted octanol–water partition coefficient (Wildman–Crippen LogP) is 1.40. The Bertz CT molecular complexity index is 756. The quantitative estimate of drug-likeness (QED) is 0.720. The van der Waals surface area contributed by atoms with Crippen LogP contribution in [-0.2, 0) is 11.2 Å². The molecule has 0 unspecified atom stereocenters. The van der Waals surface area contributed by atoms with Gasteiger partial charge >= 0.3 is 5.97 Å². The van der Waals surface area contributed by atoms with Gasteiger partial charge in [-0.1, -0.05) is 24.3 Å². The highest BCUT2D eigenvalue weighted by Gasteiger charge is 2.12. The second-order valence-electron chi connectivity index (χ2n) is 4.88. The lowest BCUT2D eigenvalue weighted by Crippen LogP contribution is -2.42. The van der Waals surface area contributed by atoms with Crippen molar-refractivity contribution in [1.29, 1.82) is 0 Å². The molecule has 0 heterocycles. The molecule has 7 heteroatoms. The Morgan fingerprint density at radius 2 is 1.67 bits per heavy atom. The summed E-state index contributed by atoms with van der Waals surface area (Å²) in [5.41, 5.74) is 5.69. The van der Waals surface area contributed by atoms with Crippen LogP contribution < -0.4 is 15.6 Å². The molecule has 2 aromatic carbocycles. The number of amides is 2. The lowest BCUT2D eigenvalue weighted by molar-refractivity contribution is -0.121. The van der Waals surface area contributed by atoms with Gasteiger partial charge < -0.3 is 9.84 Å². The Labute approximate surface area is 138 Å². The minimum atomic E-state index is -1.03. The molecule has 0 bridgehead atoms. The minimum absolute atomic E-state index is 0.00606. The Kier molecular flexibility index (Phi) is 5.51. The van der Waals surface area contributed by atoms with Gasteiger partial charge in [-0.05, 0) is 29.8 Å². The fourth-order valence-corrected chi connectivity index (χ4v) is 2.02. The molecular weight excluding hydrogens is 312 g/mol. The number of ether oxygens (including phenoxy) is 1. The molecule has 0 saturated heterocycles. The summed E-state index contributed by atoms with van der Waals surface area (Å²) >= 11 is 0. The molecular formula is C17H16N2O5. The normalized spacial score (nSPS) is 9.88. The third-order valence-electron chi connectivity index (χ3n) is 3.23. The van der Waals surface area contributed by atoms with Crippen LogP contribution >= 0.6 is 0 Å². The van der Waals surface area contributed by atoms with Crippen molar-refractivity contribution in [2.24, 2.45) is 0 Å². The number of carboxylic acid groups (broad SMARTS) is 1. The number of methoxy groups -OCH3 is 1. The van der Waals surface area contributed by atoms with Gasteiger partial charge in [-0.3, -0.25) is 20.4 Å². The molecule has 0 aromatic heterocycles. The van der Waals surface area contributed by atoms with E-state index in [1.165, 1.54) is 19.2 Å². The van der Waals surface area contributed by atoms with E-state index in [1.807, 2.05) is 0 Å². The highest BCUT2D eigenvalue weighted by molar-refractivity contribution is 5.98. The second-order valence-corrected chi connectivity index (χ2v) is 4.88. The number of para-hydroxylation sites is 1. The van der Waals surface area contributed by atoms with E-state index in [1.54, 1.807) is 36.4 Å². The molecule has 2 amide bonds. The zero-order valence-electron chi connectivity index (χ0n) is 12.9. The second kappa shape index (κ2) is 7.77. The van der Waals surface area contributed by atoms with Crippen molar-refractivity contribution < 1.29 is 24.2 Å². The Morgan fingerprint density at radius 3 is 2.29 bits per heavy atom. The molecule has 0 aliphatic rings. The minimum Gasteiger partial charge on any atom is -0.496 e. The largest absolute Gasteiger partial charge is 0.496 e. The summed E-state index contributed by atoms with van der Waals surface area (Å²) < 4.78 is 5.08.